The number of benzene rings is 1. The summed E-state index contributed by atoms with van der Waals surface area (Å²) in [6.45, 7) is 2.46. The van der Waals surface area contributed by atoms with E-state index in [1.165, 1.54) is 6.42 Å². The monoisotopic (exact) mass is 335 g/mol. The molecule has 0 spiro atoms. The molecule has 6 heteroatoms. The number of carbonyl (C=O) groups excluding carboxylic acids is 2. The lowest BCUT2D eigenvalue weighted by Crippen LogP contribution is -2.36. The van der Waals surface area contributed by atoms with Gasteiger partial charge in [-0.25, -0.2) is 0 Å². The number of nitrogens with one attached hydrogen (secondary N) is 2. The molecule has 1 aromatic rings. The highest BCUT2D eigenvalue weighted by Crippen LogP contribution is 2.24. The maximum Gasteiger partial charge on any atom is 0.255 e. The summed E-state index contributed by atoms with van der Waals surface area (Å²) >= 11 is 6.27. The van der Waals surface area contributed by atoms with Crippen molar-refractivity contribution < 1.29 is 9.59 Å². The van der Waals surface area contributed by atoms with Crippen LogP contribution in [0.3, 0.4) is 0 Å². The Hall–Kier alpha value is -1.59. The molecule has 0 aromatic heterocycles. The molecule has 2 aliphatic rings. The molecule has 2 N–H and O–H groups in total. The van der Waals surface area contributed by atoms with Crippen molar-refractivity contribution in [2.45, 2.75) is 38.1 Å². The lowest BCUT2D eigenvalue weighted by atomic mass is 10.1. The van der Waals surface area contributed by atoms with Crippen molar-refractivity contribution in [1.29, 1.82) is 0 Å². The van der Waals surface area contributed by atoms with E-state index < -0.39 is 0 Å². The quantitative estimate of drug-likeness (QED) is 0.892. The molecular formula is C17H22ClN3O2. The molecule has 2 fully saturated rings. The van der Waals surface area contributed by atoms with Crippen LogP contribution in [0.5, 0.6) is 0 Å². The smallest absolute Gasteiger partial charge is 0.255 e. The van der Waals surface area contributed by atoms with Gasteiger partial charge in [-0.2, -0.15) is 0 Å². The molecule has 2 heterocycles. The van der Waals surface area contributed by atoms with Crippen molar-refractivity contribution >= 4 is 29.1 Å². The normalized spacial score (nSPS) is 21.3. The van der Waals surface area contributed by atoms with Crippen molar-refractivity contribution in [2.24, 2.45) is 0 Å². The molecule has 124 valence electrons. The fourth-order valence-corrected chi connectivity index (χ4v) is 3.43. The SMILES string of the molecule is O=C(Nc1ccc(C(=O)N2CCCCC2)c(Cl)c1)C1CCCN1. The van der Waals surface area contributed by atoms with Crippen LogP contribution in [0.25, 0.3) is 0 Å². The summed E-state index contributed by atoms with van der Waals surface area (Å²) in [4.78, 5) is 26.5. The third-order valence-electron chi connectivity index (χ3n) is 4.49. The molecule has 5 nitrogen and oxygen atoms in total. The molecule has 0 aliphatic carbocycles. The first kappa shape index (κ1) is 16.3. The van der Waals surface area contributed by atoms with E-state index in [-0.39, 0.29) is 17.9 Å². The number of piperidine rings is 1. The Balaban J connectivity index is 1.67. The predicted molar refractivity (Wildman–Crippen MR) is 90.9 cm³/mol. The van der Waals surface area contributed by atoms with Gasteiger partial charge in [0.05, 0.1) is 16.6 Å². The molecule has 2 aliphatic heterocycles. The van der Waals surface area contributed by atoms with Crippen molar-refractivity contribution in [3.63, 3.8) is 0 Å². The van der Waals surface area contributed by atoms with Gasteiger partial charge in [0, 0.05) is 18.8 Å². The van der Waals surface area contributed by atoms with Crippen LogP contribution in [0.2, 0.25) is 5.02 Å². The van der Waals surface area contributed by atoms with E-state index in [9.17, 15) is 9.59 Å². The minimum atomic E-state index is -0.136. The minimum absolute atomic E-state index is 0.0231. The second-order valence-electron chi connectivity index (χ2n) is 6.19. The summed E-state index contributed by atoms with van der Waals surface area (Å²) in [5.41, 5.74) is 1.13. The molecular weight excluding hydrogens is 314 g/mol. The van der Waals surface area contributed by atoms with Crippen LogP contribution in [-0.4, -0.2) is 42.4 Å². The highest BCUT2D eigenvalue weighted by Gasteiger charge is 2.23. The van der Waals surface area contributed by atoms with Crippen LogP contribution < -0.4 is 10.6 Å². The molecule has 0 saturated carbocycles. The number of carbonyl (C=O) groups is 2. The van der Waals surface area contributed by atoms with Gasteiger partial charge >= 0.3 is 0 Å². The van der Waals surface area contributed by atoms with Crippen molar-refractivity contribution in [2.75, 3.05) is 25.0 Å². The van der Waals surface area contributed by atoms with Gasteiger partial charge in [0.25, 0.3) is 5.91 Å². The van der Waals surface area contributed by atoms with Crippen LogP contribution in [0.15, 0.2) is 18.2 Å². The molecule has 2 amide bonds. The fraction of sp³-hybridized carbons (Fsp3) is 0.529. The van der Waals surface area contributed by atoms with Gasteiger partial charge in [0.1, 0.15) is 0 Å². The molecule has 3 rings (SSSR count). The number of rotatable bonds is 3. The van der Waals surface area contributed by atoms with E-state index in [0.717, 1.165) is 45.3 Å². The molecule has 1 atom stereocenters. The van der Waals surface area contributed by atoms with Gasteiger partial charge in [-0.3, -0.25) is 9.59 Å². The zero-order valence-corrected chi connectivity index (χ0v) is 13.9. The Labute approximate surface area is 141 Å². The maximum absolute atomic E-state index is 12.5. The highest BCUT2D eigenvalue weighted by molar-refractivity contribution is 6.34. The summed E-state index contributed by atoms with van der Waals surface area (Å²) in [6, 6.07) is 4.97. The lowest BCUT2D eigenvalue weighted by Gasteiger charge is -2.27. The number of nitrogens with zero attached hydrogens (tertiary/aromatic N) is 1. The van der Waals surface area contributed by atoms with E-state index >= 15 is 0 Å². The zero-order chi connectivity index (χ0) is 16.2. The summed E-state index contributed by atoms with van der Waals surface area (Å²) in [5, 5.41) is 6.40. The average molecular weight is 336 g/mol. The van der Waals surface area contributed by atoms with Gasteiger partial charge in [-0.1, -0.05) is 11.6 Å². The molecule has 2 saturated heterocycles. The first-order valence-corrected chi connectivity index (χ1v) is 8.66. The number of hydrogen-bond acceptors (Lipinski definition) is 3. The number of halogens is 1. The standard InChI is InChI=1S/C17H22ClN3O2/c18-14-11-12(20-16(22)15-5-4-8-19-15)6-7-13(14)17(23)21-9-2-1-3-10-21/h6-7,11,15,19H,1-5,8-10H2,(H,20,22). The molecule has 0 radical (unpaired) electrons. The van der Waals surface area contributed by atoms with Crippen molar-refractivity contribution in [3.8, 4) is 0 Å². The van der Waals surface area contributed by atoms with Crippen LogP contribution in [-0.2, 0) is 4.79 Å². The van der Waals surface area contributed by atoms with Crippen LogP contribution >= 0.6 is 11.6 Å². The first-order valence-electron chi connectivity index (χ1n) is 8.28. The van der Waals surface area contributed by atoms with E-state index in [4.69, 9.17) is 11.6 Å². The Morgan fingerprint density at radius 1 is 1.17 bits per heavy atom. The van der Waals surface area contributed by atoms with Gasteiger partial charge in [-0.15, -0.1) is 0 Å². The average Bonchev–Trinajstić information content (AvgIpc) is 3.10. The number of amides is 2. The van der Waals surface area contributed by atoms with Gasteiger partial charge in [0.2, 0.25) is 5.91 Å². The highest BCUT2D eigenvalue weighted by atomic mass is 35.5. The third kappa shape index (κ3) is 3.85. The van der Waals surface area contributed by atoms with Crippen LogP contribution in [0.1, 0.15) is 42.5 Å². The molecule has 1 aromatic carbocycles. The molecule has 1 unspecified atom stereocenters. The van der Waals surface area contributed by atoms with Gasteiger partial charge in [0.15, 0.2) is 0 Å². The van der Waals surface area contributed by atoms with Crippen LogP contribution in [0, 0.1) is 0 Å². The third-order valence-corrected chi connectivity index (χ3v) is 4.80. The molecule has 23 heavy (non-hydrogen) atoms. The number of anilines is 1. The largest absolute Gasteiger partial charge is 0.339 e. The van der Waals surface area contributed by atoms with Gasteiger partial charge in [-0.05, 0) is 56.8 Å². The Morgan fingerprint density at radius 3 is 2.61 bits per heavy atom. The van der Waals surface area contributed by atoms with Crippen molar-refractivity contribution in [1.82, 2.24) is 10.2 Å². The fourth-order valence-electron chi connectivity index (χ4n) is 3.17. The van der Waals surface area contributed by atoms with E-state index in [1.807, 2.05) is 4.90 Å². The Bertz CT molecular complexity index is 594. The number of hydrogen-bond donors (Lipinski definition) is 2. The second-order valence-corrected chi connectivity index (χ2v) is 6.59. The first-order chi connectivity index (χ1) is 11.1. The Morgan fingerprint density at radius 2 is 1.96 bits per heavy atom. The summed E-state index contributed by atoms with van der Waals surface area (Å²) in [7, 11) is 0. The summed E-state index contributed by atoms with van der Waals surface area (Å²) in [6.07, 6.45) is 5.14. The van der Waals surface area contributed by atoms with E-state index in [1.54, 1.807) is 18.2 Å². The molecule has 0 bridgehead atoms. The lowest BCUT2D eigenvalue weighted by molar-refractivity contribution is -0.117. The van der Waals surface area contributed by atoms with Crippen LogP contribution in [0.4, 0.5) is 5.69 Å². The van der Waals surface area contributed by atoms with Gasteiger partial charge < -0.3 is 15.5 Å². The summed E-state index contributed by atoms with van der Waals surface area (Å²) < 4.78 is 0. The number of likely N-dealkylation sites (tertiary alicyclic amines) is 1. The zero-order valence-electron chi connectivity index (χ0n) is 13.1. The van der Waals surface area contributed by atoms with E-state index in [0.29, 0.717) is 16.3 Å². The Kier molecular flexibility index (Phi) is 5.18. The van der Waals surface area contributed by atoms with E-state index in [2.05, 4.69) is 10.6 Å². The second kappa shape index (κ2) is 7.32. The maximum atomic E-state index is 12.5. The van der Waals surface area contributed by atoms with Crippen molar-refractivity contribution in [3.05, 3.63) is 28.8 Å². The minimum Gasteiger partial charge on any atom is -0.339 e. The topological polar surface area (TPSA) is 61.4 Å². The summed E-state index contributed by atoms with van der Waals surface area (Å²) in [5.74, 6) is -0.0706. The predicted octanol–water partition coefficient (Wildman–Crippen LogP) is 2.66.